The Balaban J connectivity index is 1.87. The Bertz CT molecular complexity index is 1040. The molecule has 2 amide bonds. The fraction of sp³-hybridized carbons (Fsp3) is 0.211. The van der Waals surface area contributed by atoms with Crippen molar-refractivity contribution in [3.63, 3.8) is 0 Å². The highest BCUT2D eigenvalue weighted by molar-refractivity contribution is 7.92. The number of hydrogen-bond acceptors (Lipinski definition) is 6. The van der Waals surface area contributed by atoms with Gasteiger partial charge in [0.05, 0.1) is 28.9 Å². The Morgan fingerprint density at radius 1 is 1.04 bits per heavy atom. The van der Waals surface area contributed by atoms with Crippen LogP contribution in [0.3, 0.4) is 0 Å². The summed E-state index contributed by atoms with van der Waals surface area (Å²) in [7, 11) is -2.70. The maximum atomic E-state index is 12.7. The maximum Gasteiger partial charge on any atom is 0.338 e. The SMILES string of the molecule is COC(=O)c1cccc(NS(=O)(=O)c2ccc(N3C(=O)CCC3=O)cc2)c1C. The molecule has 1 aliphatic rings. The van der Waals surface area contributed by atoms with E-state index >= 15 is 0 Å². The molecule has 2 aromatic carbocycles. The minimum absolute atomic E-state index is 0.0433. The number of carbonyl (C=O) groups is 3. The van der Waals surface area contributed by atoms with Gasteiger partial charge in [-0.05, 0) is 48.9 Å². The van der Waals surface area contributed by atoms with Crippen LogP contribution in [-0.4, -0.2) is 33.3 Å². The monoisotopic (exact) mass is 402 g/mol. The zero-order chi connectivity index (χ0) is 20.5. The summed E-state index contributed by atoms with van der Waals surface area (Å²) in [6.45, 7) is 1.61. The molecule has 0 aromatic heterocycles. The summed E-state index contributed by atoms with van der Waals surface area (Å²) < 4.78 is 32.5. The average Bonchev–Trinajstić information content (AvgIpc) is 3.01. The molecular formula is C19H18N2O6S. The summed E-state index contributed by atoms with van der Waals surface area (Å²) in [4.78, 5) is 36.4. The van der Waals surface area contributed by atoms with Crippen molar-refractivity contribution in [2.75, 3.05) is 16.7 Å². The molecular weight excluding hydrogens is 384 g/mol. The molecule has 9 heteroatoms. The first-order valence-corrected chi connectivity index (χ1v) is 9.89. The van der Waals surface area contributed by atoms with Crippen molar-refractivity contribution in [1.29, 1.82) is 0 Å². The number of nitrogens with one attached hydrogen (secondary N) is 1. The van der Waals surface area contributed by atoms with Gasteiger partial charge in [-0.2, -0.15) is 0 Å². The molecule has 3 rings (SSSR count). The highest BCUT2D eigenvalue weighted by Crippen LogP contribution is 2.26. The number of carbonyl (C=O) groups excluding carboxylic acids is 3. The number of methoxy groups -OCH3 is 1. The van der Waals surface area contributed by atoms with Gasteiger partial charge in [0.15, 0.2) is 0 Å². The van der Waals surface area contributed by atoms with E-state index in [4.69, 9.17) is 4.74 Å². The summed E-state index contributed by atoms with van der Waals surface area (Å²) in [5.74, 6) is -1.19. The van der Waals surface area contributed by atoms with E-state index in [1.807, 2.05) is 0 Å². The molecule has 0 saturated carbocycles. The second-order valence-corrected chi connectivity index (χ2v) is 7.87. The number of rotatable bonds is 5. The smallest absolute Gasteiger partial charge is 0.338 e. The van der Waals surface area contributed by atoms with Crippen LogP contribution in [0.15, 0.2) is 47.4 Å². The Hall–Kier alpha value is -3.20. The van der Waals surface area contributed by atoms with Gasteiger partial charge in [-0.1, -0.05) is 6.07 Å². The molecule has 1 heterocycles. The van der Waals surface area contributed by atoms with Gasteiger partial charge < -0.3 is 4.74 Å². The van der Waals surface area contributed by atoms with Gasteiger partial charge in [0.1, 0.15) is 0 Å². The summed E-state index contributed by atoms with van der Waals surface area (Å²) >= 11 is 0. The van der Waals surface area contributed by atoms with E-state index in [9.17, 15) is 22.8 Å². The number of sulfonamides is 1. The zero-order valence-electron chi connectivity index (χ0n) is 15.3. The molecule has 1 fully saturated rings. The molecule has 0 radical (unpaired) electrons. The maximum absolute atomic E-state index is 12.7. The Morgan fingerprint density at radius 3 is 2.21 bits per heavy atom. The van der Waals surface area contributed by atoms with Crippen LogP contribution in [0.4, 0.5) is 11.4 Å². The second kappa shape index (κ2) is 7.43. The lowest BCUT2D eigenvalue weighted by Crippen LogP contribution is -2.28. The highest BCUT2D eigenvalue weighted by atomic mass is 32.2. The van der Waals surface area contributed by atoms with Crippen LogP contribution >= 0.6 is 0 Å². The summed E-state index contributed by atoms with van der Waals surface area (Å²) in [5.41, 5.74) is 1.26. The Labute approximate surface area is 162 Å². The summed E-state index contributed by atoms with van der Waals surface area (Å²) in [6.07, 6.45) is 0.298. The van der Waals surface area contributed by atoms with Crippen molar-refractivity contribution >= 4 is 39.2 Å². The fourth-order valence-corrected chi connectivity index (χ4v) is 4.04. The molecule has 28 heavy (non-hydrogen) atoms. The van der Waals surface area contributed by atoms with E-state index in [0.717, 1.165) is 4.90 Å². The Morgan fingerprint density at radius 2 is 1.64 bits per heavy atom. The van der Waals surface area contributed by atoms with E-state index < -0.39 is 16.0 Å². The third kappa shape index (κ3) is 3.61. The van der Waals surface area contributed by atoms with Crippen LogP contribution in [0.1, 0.15) is 28.8 Å². The number of imide groups is 1. The molecule has 8 nitrogen and oxygen atoms in total. The summed E-state index contributed by atoms with van der Waals surface area (Å²) in [6, 6.07) is 10.1. The molecule has 1 aliphatic heterocycles. The van der Waals surface area contributed by atoms with Crippen molar-refractivity contribution in [3.8, 4) is 0 Å². The fourth-order valence-electron chi connectivity index (χ4n) is 2.92. The van der Waals surface area contributed by atoms with Gasteiger partial charge in [0.2, 0.25) is 11.8 Å². The lowest BCUT2D eigenvalue weighted by atomic mass is 10.1. The average molecular weight is 402 g/mol. The molecule has 1 N–H and O–H groups in total. The molecule has 2 aromatic rings. The van der Waals surface area contributed by atoms with Crippen molar-refractivity contribution in [1.82, 2.24) is 0 Å². The highest BCUT2D eigenvalue weighted by Gasteiger charge is 2.30. The van der Waals surface area contributed by atoms with Crippen LogP contribution < -0.4 is 9.62 Å². The van der Waals surface area contributed by atoms with Gasteiger partial charge in [-0.3, -0.25) is 19.2 Å². The van der Waals surface area contributed by atoms with E-state index in [0.29, 0.717) is 11.3 Å². The number of benzene rings is 2. The van der Waals surface area contributed by atoms with Crippen molar-refractivity contribution < 1.29 is 27.5 Å². The normalized spacial score (nSPS) is 14.3. The van der Waals surface area contributed by atoms with Crippen molar-refractivity contribution in [2.24, 2.45) is 0 Å². The standard InChI is InChI=1S/C19H18N2O6S/c1-12-15(19(24)27-2)4-3-5-16(12)20-28(25,26)14-8-6-13(7-9-14)21-17(22)10-11-18(21)23/h3-9,20H,10-11H2,1-2H3. The number of nitrogens with zero attached hydrogens (tertiary/aromatic N) is 1. The first-order chi connectivity index (χ1) is 13.2. The Kier molecular flexibility index (Phi) is 5.19. The minimum Gasteiger partial charge on any atom is -0.465 e. The molecule has 0 spiro atoms. The van der Waals surface area contributed by atoms with Gasteiger partial charge in [0, 0.05) is 12.8 Å². The number of ether oxygens (including phenoxy) is 1. The van der Waals surface area contributed by atoms with Crippen LogP contribution in [-0.2, 0) is 24.3 Å². The van der Waals surface area contributed by atoms with E-state index in [1.54, 1.807) is 13.0 Å². The third-order valence-electron chi connectivity index (χ3n) is 4.44. The van der Waals surface area contributed by atoms with Crippen molar-refractivity contribution in [3.05, 3.63) is 53.6 Å². The third-order valence-corrected chi connectivity index (χ3v) is 5.82. The van der Waals surface area contributed by atoms with Gasteiger partial charge in [-0.15, -0.1) is 0 Å². The number of esters is 1. The van der Waals surface area contributed by atoms with Crippen LogP contribution in [0.25, 0.3) is 0 Å². The first-order valence-electron chi connectivity index (χ1n) is 8.41. The molecule has 0 unspecified atom stereocenters. The topological polar surface area (TPSA) is 110 Å². The molecule has 1 saturated heterocycles. The number of anilines is 2. The van der Waals surface area contributed by atoms with Gasteiger partial charge in [0.25, 0.3) is 10.0 Å². The number of hydrogen-bond donors (Lipinski definition) is 1. The van der Waals surface area contributed by atoms with Crippen LogP contribution in [0, 0.1) is 6.92 Å². The first kappa shape index (κ1) is 19.6. The largest absolute Gasteiger partial charge is 0.465 e. The van der Waals surface area contributed by atoms with Crippen LogP contribution in [0.5, 0.6) is 0 Å². The van der Waals surface area contributed by atoms with E-state index in [2.05, 4.69) is 4.72 Å². The lowest BCUT2D eigenvalue weighted by Gasteiger charge is -2.15. The van der Waals surface area contributed by atoms with E-state index in [-0.39, 0.29) is 40.8 Å². The van der Waals surface area contributed by atoms with Gasteiger partial charge in [-0.25, -0.2) is 13.2 Å². The molecule has 146 valence electrons. The van der Waals surface area contributed by atoms with Crippen LogP contribution in [0.2, 0.25) is 0 Å². The quantitative estimate of drug-likeness (QED) is 0.607. The second-order valence-electron chi connectivity index (χ2n) is 6.19. The predicted molar refractivity (Wildman–Crippen MR) is 101 cm³/mol. The summed E-state index contributed by atoms with van der Waals surface area (Å²) in [5, 5.41) is 0. The number of amides is 2. The molecule has 0 bridgehead atoms. The van der Waals surface area contributed by atoms with Crippen molar-refractivity contribution in [2.45, 2.75) is 24.7 Å². The van der Waals surface area contributed by atoms with Gasteiger partial charge >= 0.3 is 5.97 Å². The predicted octanol–water partition coefficient (Wildman–Crippen LogP) is 2.24. The minimum atomic E-state index is -3.94. The molecule has 0 atom stereocenters. The lowest BCUT2D eigenvalue weighted by molar-refractivity contribution is -0.121. The molecule has 0 aliphatic carbocycles. The zero-order valence-corrected chi connectivity index (χ0v) is 16.1. The van der Waals surface area contributed by atoms with E-state index in [1.165, 1.54) is 43.5 Å².